The van der Waals surface area contributed by atoms with Gasteiger partial charge in [-0.25, -0.2) is 0 Å². The number of ether oxygens (including phenoxy) is 3. The molecule has 10 nitrogen and oxygen atoms in total. The molecule has 1 aliphatic rings. The minimum Gasteiger partial charge on any atom is -0.496 e. The summed E-state index contributed by atoms with van der Waals surface area (Å²) in [6, 6.07) is 31.6. The molecule has 1 heterocycles. The fourth-order valence-electron chi connectivity index (χ4n) is 6.24. The van der Waals surface area contributed by atoms with Crippen LogP contribution >= 0.6 is 23.1 Å². The zero-order valence-electron chi connectivity index (χ0n) is 29.9. The van der Waals surface area contributed by atoms with E-state index in [9.17, 15) is 19.6 Å². The SMILES string of the molecule is COc1cc(OC)c(OC)cc1/C=C(/NC(=O)c1ccccc1)C(=O)Nc1cccc(SCC(=O)Nc2sc3c(c2C#N)CCC(c2ccccc2)C3)c1. The van der Waals surface area contributed by atoms with Gasteiger partial charge >= 0.3 is 0 Å². The fraction of sp³-hybridized carbons (Fsp3) is 0.190. The molecule has 274 valence electrons. The lowest BCUT2D eigenvalue weighted by atomic mass is 9.83. The molecule has 5 aromatic rings. The second-order valence-electron chi connectivity index (χ2n) is 12.3. The number of hydrogen-bond donors (Lipinski definition) is 3. The monoisotopic (exact) mass is 758 g/mol. The van der Waals surface area contributed by atoms with Crippen molar-refractivity contribution >= 4 is 57.6 Å². The lowest BCUT2D eigenvalue weighted by molar-refractivity contribution is -0.114. The van der Waals surface area contributed by atoms with E-state index in [0.29, 0.717) is 50.5 Å². The molecule has 0 radical (unpaired) electrons. The number of nitrogens with one attached hydrogen (secondary N) is 3. The van der Waals surface area contributed by atoms with E-state index in [4.69, 9.17) is 14.2 Å². The Labute approximate surface area is 322 Å². The molecular weight excluding hydrogens is 721 g/mol. The average molecular weight is 759 g/mol. The van der Waals surface area contributed by atoms with Crippen molar-refractivity contribution in [1.82, 2.24) is 5.32 Å². The second-order valence-corrected chi connectivity index (χ2v) is 14.5. The van der Waals surface area contributed by atoms with Gasteiger partial charge in [-0.05, 0) is 78.8 Å². The van der Waals surface area contributed by atoms with E-state index >= 15 is 0 Å². The summed E-state index contributed by atoms with van der Waals surface area (Å²) < 4.78 is 16.4. The van der Waals surface area contributed by atoms with Gasteiger partial charge < -0.3 is 30.2 Å². The van der Waals surface area contributed by atoms with Crippen LogP contribution in [0.1, 0.15) is 49.8 Å². The number of amides is 3. The first-order valence-corrected chi connectivity index (χ1v) is 18.9. The number of anilines is 2. The largest absolute Gasteiger partial charge is 0.496 e. The number of thioether (sulfide) groups is 1. The van der Waals surface area contributed by atoms with E-state index in [-0.39, 0.29) is 17.4 Å². The Hall–Kier alpha value is -6.03. The maximum absolute atomic E-state index is 13.8. The first-order valence-electron chi connectivity index (χ1n) is 17.1. The maximum atomic E-state index is 13.8. The van der Waals surface area contributed by atoms with Gasteiger partial charge in [0.1, 0.15) is 22.5 Å². The van der Waals surface area contributed by atoms with E-state index < -0.39 is 11.8 Å². The molecule has 1 atom stereocenters. The van der Waals surface area contributed by atoms with Gasteiger partial charge in [0.2, 0.25) is 5.91 Å². The summed E-state index contributed by atoms with van der Waals surface area (Å²) in [7, 11) is 4.49. The zero-order valence-corrected chi connectivity index (χ0v) is 31.6. The number of carbonyl (C=O) groups excluding carboxylic acids is 3. The number of carbonyl (C=O) groups is 3. The average Bonchev–Trinajstić information content (AvgIpc) is 3.56. The fourth-order valence-corrected chi connectivity index (χ4v) is 8.29. The topological polar surface area (TPSA) is 139 Å². The first kappa shape index (κ1) is 37.7. The Bertz CT molecular complexity index is 2230. The van der Waals surface area contributed by atoms with E-state index in [0.717, 1.165) is 34.6 Å². The Balaban J connectivity index is 1.15. The molecule has 1 aliphatic carbocycles. The number of benzene rings is 4. The van der Waals surface area contributed by atoms with E-state index in [1.807, 2.05) is 24.3 Å². The van der Waals surface area contributed by atoms with Crippen molar-refractivity contribution in [3.63, 3.8) is 0 Å². The molecule has 3 amide bonds. The van der Waals surface area contributed by atoms with Crippen LogP contribution < -0.4 is 30.2 Å². The predicted octanol–water partition coefficient (Wildman–Crippen LogP) is 8.06. The summed E-state index contributed by atoms with van der Waals surface area (Å²) in [5.41, 5.74) is 4.12. The summed E-state index contributed by atoms with van der Waals surface area (Å²) in [5.74, 6) is 0.416. The van der Waals surface area contributed by atoms with Crippen molar-refractivity contribution in [2.75, 3.05) is 37.7 Å². The lowest BCUT2D eigenvalue weighted by Crippen LogP contribution is -2.30. The summed E-state index contributed by atoms with van der Waals surface area (Å²) in [6.07, 6.45) is 4.10. The summed E-state index contributed by atoms with van der Waals surface area (Å²) in [5, 5.41) is 19.2. The lowest BCUT2D eigenvalue weighted by Gasteiger charge is -2.22. The molecule has 6 rings (SSSR count). The van der Waals surface area contributed by atoms with Crippen molar-refractivity contribution in [3.05, 3.63) is 135 Å². The molecule has 0 aliphatic heterocycles. The third kappa shape index (κ3) is 8.94. The van der Waals surface area contributed by atoms with Crippen molar-refractivity contribution in [2.24, 2.45) is 0 Å². The molecule has 1 unspecified atom stereocenters. The van der Waals surface area contributed by atoms with Crippen LogP contribution in [-0.2, 0) is 22.4 Å². The van der Waals surface area contributed by atoms with Gasteiger partial charge in [0.15, 0.2) is 11.5 Å². The van der Waals surface area contributed by atoms with E-state index in [1.165, 1.54) is 56.1 Å². The van der Waals surface area contributed by atoms with Gasteiger partial charge in [0.25, 0.3) is 11.8 Å². The highest BCUT2D eigenvalue weighted by atomic mass is 32.2. The smallest absolute Gasteiger partial charge is 0.272 e. The summed E-state index contributed by atoms with van der Waals surface area (Å²) in [4.78, 5) is 42.1. The number of nitriles is 1. The minimum atomic E-state index is -0.587. The predicted molar refractivity (Wildman–Crippen MR) is 213 cm³/mol. The molecule has 12 heteroatoms. The molecule has 0 spiro atoms. The van der Waals surface area contributed by atoms with Crippen LogP contribution in [0.15, 0.2) is 108 Å². The standard InChI is InChI=1S/C42H38N4O6S2/c1-50-35-23-37(52-3)36(51-2)20-29(35)19-34(45-40(48)27-13-8-5-9-14-27)41(49)44-30-15-10-16-31(22-30)53-25-39(47)46-42-33(24-43)32-18-17-28(21-38(32)54-42)26-11-6-4-7-12-26/h4-16,19-20,22-23,28H,17-18,21,25H2,1-3H3,(H,44,49)(H,45,48)(H,46,47)/b34-19+. The highest BCUT2D eigenvalue weighted by Crippen LogP contribution is 2.42. The Morgan fingerprint density at radius 3 is 2.28 bits per heavy atom. The number of fused-ring (bicyclic) bond motifs is 1. The van der Waals surface area contributed by atoms with Gasteiger partial charge in [0.05, 0.1) is 32.6 Å². The van der Waals surface area contributed by atoms with Gasteiger partial charge in [0, 0.05) is 32.7 Å². The molecule has 0 bridgehead atoms. The van der Waals surface area contributed by atoms with E-state index in [1.54, 1.807) is 60.7 Å². The van der Waals surface area contributed by atoms with Crippen LogP contribution in [0, 0.1) is 11.3 Å². The van der Waals surface area contributed by atoms with Gasteiger partial charge in [-0.1, -0.05) is 54.6 Å². The number of thiophene rings is 1. The normalized spacial score (nSPS) is 13.5. The molecular formula is C42H38N4O6S2. The zero-order chi connectivity index (χ0) is 38.0. The summed E-state index contributed by atoms with van der Waals surface area (Å²) in [6.45, 7) is 0. The quantitative estimate of drug-likeness (QED) is 0.0810. The van der Waals surface area contributed by atoms with Crippen LogP contribution in [-0.4, -0.2) is 44.8 Å². The van der Waals surface area contributed by atoms with Crippen molar-refractivity contribution in [2.45, 2.75) is 30.1 Å². The van der Waals surface area contributed by atoms with Crippen LogP contribution in [0.4, 0.5) is 10.7 Å². The third-order valence-corrected chi connectivity index (χ3v) is 11.1. The number of rotatable bonds is 13. The van der Waals surface area contributed by atoms with Crippen LogP contribution in [0.3, 0.4) is 0 Å². The number of methoxy groups -OCH3 is 3. The third-order valence-electron chi connectivity index (χ3n) is 8.93. The number of hydrogen-bond acceptors (Lipinski definition) is 9. The summed E-state index contributed by atoms with van der Waals surface area (Å²) >= 11 is 2.79. The molecule has 3 N–H and O–H groups in total. The van der Waals surface area contributed by atoms with Gasteiger partial charge in [-0.2, -0.15) is 5.26 Å². The highest BCUT2D eigenvalue weighted by Gasteiger charge is 2.27. The van der Waals surface area contributed by atoms with Gasteiger partial charge in [-0.15, -0.1) is 23.1 Å². The van der Waals surface area contributed by atoms with Crippen molar-refractivity contribution < 1.29 is 28.6 Å². The van der Waals surface area contributed by atoms with Crippen LogP contribution in [0.5, 0.6) is 17.2 Å². The van der Waals surface area contributed by atoms with Gasteiger partial charge in [-0.3, -0.25) is 14.4 Å². The molecule has 0 saturated heterocycles. The molecule has 4 aromatic carbocycles. The maximum Gasteiger partial charge on any atom is 0.272 e. The van der Waals surface area contributed by atoms with Crippen LogP contribution in [0.2, 0.25) is 0 Å². The molecule has 0 saturated carbocycles. The van der Waals surface area contributed by atoms with Crippen LogP contribution in [0.25, 0.3) is 6.08 Å². The highest BCUT2D eigenvalue weighted by molar-refractivity contribution is 8.00. The Morgan fingerprint density at radius 1 is 0.870 bits per heavy atom. The van der Waals surface area contributed by atoms with Crippen molar-refractivity contribution in [1.29, 1.82) is 5.26 Å². The first-order chi connectivity index (χ1) is 26.3. The minimum absolute atomic E-state index is 0.0474. The second kappa shape index (κ2) is 17.7. The Kier molecular flexibility index (Phi) is 12.3. The van der Waals surface area contributed by atoms with Crippen molar-refractivity contribution in [3.8, 4) is 23.3 Å². The molecule has 0 fully saturated rings. The number of nitrogens with zero attached hydrogens (tertiary/aromatic N) is 1. The van der Waals surface area contributed by atoms with E-state index in [2.05, 4.69) is 34.2 Å². The molecule has 1 aromatic heterocycles. The molecule has 54 heavy (non-hydrogen) atoms. The Morgan fingerprint density at radius 2 is 1.57 bits per heavy atom.